The molecule has 0 bridgehead atoms. The Kier molecular flexibility index (Phi) is 7.86. The second-order valence-corrected chi connectivity index (χ2v) is 10.2. The van der Waals surface area contributed by atoms with Gasteiger partial charge >= 0.3 is 11.9 Å². The highest BCUT2D eigenvalue weighted by molar-refractivity contribution is 7.07. The number of halogens is 1. The number of nitrogens with zero attached hydrogens (tertiary/aromatic N) is 2. The van der Waals surface area contributed by atoms with Crippen LogP contribution in [0.2, 0.25) is 5.02 Å². The summed E-state index contributed by atoms with van der Waals surface area (Å²) in [5.41, 5.74) is 2.08. The number of hydrogen-bond acceptors (Lipinski definition) is 8. The zero-order valence-electron chi connectivity index (χ0n) is 22.0. The summed E-state index contributed by atoms with van der Waals surface area (Å²) >= 11 is 7.73. The Morgan fingerprint density at radius 2 is 1.80 bits per heavy atom. The second-order valence-electron chi connectivity index (χ2n) is 8.83. The molecule has 0 saturated heterocycles. The molecule has 0 aliphatic carbocycles. The van der Waals surface area contributed by atoms with Crippen molar-refractivity contribution in [2.45, 2.75) is 26.8 Å². The Bertz CT molecular complexity index is 1830. The summed E-state index contributed by atoms with van der Waals surface area (Å²) in [5, 5.41) is 0.416. The average molecular weight is 577 g/mol. The number of carbonyl (C=O) groups is 2. The number of rotatable bonds is 7. The van der Waals surface area contributed by atoms with E-state index < -0.39 is 18.0 Å². The zero-order chi connectivity index (χ0) is 28.4. The SMILES string of the molecule is CCOC(=O)C1=C(C)N=c2s/c(=C\c3ccc(-c4cccc(C(=O)OCC)c4)o3)c(=O)n2C1c1ccccc1Cl. The maximum atomic E-state index is 13.8. The lowest BCUT2D eigenvalue weighted by atomic mass is 9.96. The van der Waals surface area contributed by atoms with Gasteiger partial charge in [0, 0.05) is 16.7 Å². The van der Waals surface area contributed by atoms with Crippen molar-refractivity contribution in [2.24, 2.45) is 4.99 Å². The van der Waals surface area contributed by atoms with Crippen molar-refractivity contribution in [2.75, 3.05) is 13.2 Å². The van der Waals surface area contributed by atoms with E-state index in [9.17, 15) is 14.4 Å². The van der Waals surface area contributed by atoms with Crippen LogP contribution in [0.3, 0.4) is 0 Å². The molecular weight excluding hydrogens is 552 g/mol. The lowest BCUT2D eigenvalue weighted by molar-refractivity contribution is -0.139. The number of allylic oxidation sites excluding steroid dienone is 1. The van der Waals surface area contributed by atoms with Gasteiger partial charge in [-0.1, -0.05) is 53.3 Å². The number of benzene rings is 2. The summed E-state index contributed by atoms with van der Waals surface area (Å²) in [7, 11) is 0. The van der Waals surface area contributed by atoms with Crippen LogP contribution < -0.4 is 14.9 Å². The fourth-order valence-electron chi connectivity index (χ4n) is 4.51. The molecule has 1 aliphatic rings. The molecule has 0 fully saturated rings. The maximum Gasteiger partial charge on any atom is 0.338 e. The van der Waals surface area contributed by atoms with Gasteiger partial charge in [-0.2, -0.15) is 0 Å². The molecule has 1 aliphatic heterocycles. The molecule has 0 spiro atoms. The fourth-order valence-corrected chi connectivity index (χ4v) is 5.78. The first-order valence-corrected chi connectivity index (χ1v) is 13.8. The molecule has 3 heterocycles. The van der Waals surface area contributed by atoms with Crippen molar-refractivity contribution in [1.29, 1.82) is 0 Å². The minimum Gasteiger partial charge on any atom is -0.463 e. The fraction of sp³-hybridized carbons (Fsp3) is 0.200. The van der Waals surface area contributed by atoms with Crippen molar-refractivity contribution >= 4 is 41.0 Å². The largest absolute Gasteiger partial charge is 0.463 e. The Morgan fingerprint density at radius 3 is 2.55 bits per heavy atom. The van der Waals surface area contributed by atoms with Gasteiger partial charge < -0.3 is 13.9 Å². The van der Waals surface area contributed by atoms with Gasteiger partial charge in [0.15, 0.2) is 4.80 Å². The van der Waals surface area contributed by atoms with Gasteiger partial charge in [-0.3, -0.25) is 9.36 Å². The third kappa shape index (κ3) is 5.17. The zero-order valence-corrected chi connectivity index (χ0v) is 23.5. The summed E-state index contributed by atoms with van der Waals surface area (Å²) in [6.07, 6.45) is 1.63. The van der Waals surface area contributed by atoms with Crippen LogP contribution >= 0.6 is 22.9 Å². The van der Waals surface area contributed by atoms with Crippen molar-refractivity contribution in [3.8, 4) is 11.3 Å². The van der Waals surface area contributed by atoms with E-state index in [0.717, 1.165) is 0 Å². The van der Waals surface area contributed by atoms with Crippen molar-refractivity contribution < 1.29 is 23.5 Å². The van der Waals surface area contributed by atoms with Gasteiger partial charge in [-0.25, -0.2) is 14.6 Å². The Balaban J connectivity index is 1.59. The van der Waals surface area contributed by atoms with Crippen molar-refractivity contribution in [3.63, 3.8) is 0 Å². The predicted molar refractivity (Wildman–Crippen MR) is 152 cm³/mol. The van der Waals surface area contributed by atoms with E-state index in [2.05, 4.69) is 4.99 Å². The van der Waals surface area contributed by atoms with Crippen LogP contribution in [0.25, 0.3) is 17.4 Å². The molecule has 0 amide bonds. The molecule has 2 aromatic heterocycles. The number of ether oxygens (including phenoxy) is 2. The second kappa shape index (κ2) is 11.5. The molecule has 204 valence electrons. The van der Waals surface area contributed by atoms with E-state index in [1.807, 2.05) is 6.07 Å². The minimum absolute atomic E-state index is 0.179. The molecule has 0 saturated carbocycles. The van der Waals surface area contributed by atoms with Gasteiger partial charge in [0.05, 0.1) is 34.6 Å². The number of hydrogen-bond donors (Lipinski definition) is 0. The van der Waals surface area contributed by atoms with E-state index in [4.69, 9.17) is 25.5 Å². The van der Waals surface area contributed by atoms with Gasteiger partial charge in [0.25, 0.3) is 5.56 Å². The summed E-state index contributed by atoms with van der Waals surface area (Å²) in [6.45, 7) is 5.65. The van der Waals surface area contributed by atoms with Gasteiger partial charge in [0.2, 0.25) is 0 Å². The van der Waals surface area contributed by atoms with Crippen molar-refractivity contribution in [3.05, 3.63) is 114 Å². The maximum absolute atomic E-state index is 13.8. The van der Waals surface area contributed by atoms with Crippen LogP contribution in [0.5, 0.6) is 0 Å². The number of carbonyl (C=O) groups excluding carboxylic acids is 2. The molecule has 2 aromatic carbocycles. The first-order valence-electron chi connectivity index (χ1n) is 12.6. The average Bonchev–Trinajstić information content (AvgIpc) is 3.53. The first kappa shape index (κ1) is 27.4. The molecule has 4 aromatic rings. The minimum atomic E-state index is -0.802. The highest BCUT2D eigenvalue weighted by atomic mass is 35.5. The van der Waals surface area contributed by atoms with Gasteiger partial charge in [-0.15, -0.1) is 0 Å². The highest BCUT2D eigenvalue weighted by Gasteiger charge is 2.34. The lowest BCUT2D eigenvalue weighted by Crippen LogP contribution is -2.40. The van der Waals surface area contributed by atoms with Crippen molar-refractivity contribution in [1.82, 2.24) is 4.57 Å². The first-order chi connectivity index (χ1) is 19.3. The number of esters is 2. The molecule has 0 N–H and O–H groups in total. The number of aromatic nitrogens is 1. The molecule has 1 unspecified atom stereocenters. The van der Waals surface area contributed by atoms with E-state index in [1.54, 1.807) is 81.4 Å². The molecule has 40 heavy (non-hydrogen) atoms. The summed E-state index contributed by atoms with van der Waals surface area (Å²) < 4.78 is 18.3. The number of thiazole rings is 1. The summed E-state index contributed by atoms with van der Waals surface area (Å²) in [4.78, 5) is 43.9. The van der Waals surface area contributed by atoms with Crippen LogP contribution in [-0.4, -0.2) is 29.7 Å². The van der Waals surface area contributed by atoms with Crippen LogP contribution in [0, 0.1) is 0 Å². The molecule has 5 rings (SSSR count). The Morgan fingerprint density at radius 1 is 1.05 bits per heavy atom. The highest BCUT2D eigenvalue weighted by Crippen LogP contribution is 2.34. The monoisotopic (exact) mass is 576 g/mol. The van der Waals surface area contributed by atoms with Crippen LogP contribution in [0.4, 0.5) is 0 Å². The van der Waals surface area contributed by atoms with Gasteiger partial charge in [-0.05, 0) is 56.7 Å². The third-order valence-electron chi connectivity index (χ3n) is 6.28. The molecule has 0 radical (unpaired) electrons. The van der Waals surface area contributed by atoms with E-state index in [1.165, 1.54) is 15.9 Å². The topological polar surface area (TPSA) is 100 Å². The number of furan rings is 1. The van der Waals surface area contributed by atoms with E-state index in [0.29, 0.717) is 48.3 Å². The van der Waals surface area contributed by atoms with Crippen LogP contribution in [0.1, 0.15) is 48.5 Å². The predicted octanol–water partition coefficient (Wildman–Crippen LogP) is 4.89. The normalized spacial score (nSPS) is 15.0. The lowest BCUT2D eigenvalue weighted by Gasteiger charge is -2.25. The third-order valence-corrected chi connectivity index (χ3v) is 7.60. The summed E-state index contributed by atoms with van der Waals surface area (Å²) in [5.74, 6) is 0.00320. The van der Waals surface area contributed by atoms with E-state index in [-0.39, 0.29) is 24.3 Å². The smallest absolute Gasteiger partial charge is 0.338 e. The molecule has 1 atom stereocenters. The standard InChI is InChI=1S/C30H25ClN2O6S/c1-4-37-28(35)19-10-8-9-18(15-19)23-14-13-20(39-23)16-24-27(34)33-26(21-11-6-7-12-22(21)31)25(29(36)38-5-2)17(3)32-30(33)40-24/h6-16,26H,4-5H2,1-3H3/b24-16-. The van der Waals surface area contributed by atoms with Crippen LogP contribution in [0.15, 0.2) is 86.1 Å². The van der Waals surface area contributed by atoms with Gasteiger partial charge in [0.1, 0.15) is 17.6 Å². The quantitative estimate of drug-likeness (QED) is 0.291. The molecular formula is C30H25ClN2O6S. The van der Waals surface area contributed by atoms with E-state index >= 15 is 0 Å². The Hall–Kier alpha value is -4.21. The molecule has 10 heteroatoms. The molecule has 8 nitrogen and oxygen atoms in total. The number of fused-ring (bicyclic) bond motifs is 1. The summed E-state index contributed by atoms with van der Waals surface area (Å²) in [6, 6.07) is 16.7. The van der Waals surface area contributed by atoms with Crippen LogP contribution in [-0.2, 0) is 14.3 Å². The Labute approximate surface area is 238 Å².